The summed E-state index contributed by atoms with van der Waals surface area (Å²) < 4.78 is 0. The van der Waals surface area contributed by atoms with E-state index in [9.17, 15) is 0 Å². The molecule has 0 heterocycles. The van der Waals surface area contributed by atoms with E-state index in [-0.39, 0.29) is 78.3 Å². The normalized spacial score (nSPS) is 3.20. The van der Waals surface area contributed by atoms with Gasteiger partial charge in [-0.2, -0.15) is 0 Å². The van der Waals surface area contributed by atoms with Crippen LogP contribution in [0.15, 0.2) is 0 Å². The van der Waals surface area contributed by atoms with Gasteiger partial charge < -0.3 is 63.5 Å². The Morgan fingerprint density at radius 1 is 0.533 bits per heavy atom. The van der Waals surface area contributed by atoms with Crippen LogP contribution in [-0.4, -0.2) is 88.5 Å². The number of hydrogen-bond donors (Lipinski definition) is 0. The number of hydrogen-bond acceptors (Lipinski definition) is 6. The first-order valence-electron chi connectivity index (χ1n) is 1.10. The minimum absolute atomic E-state index is 0. The van der Waals surface area contributed by atoms with Gasteiger partial charge in [-0.1, -0.05) is 0 Å². The summed E-state index contributed by atoms with van der Waals surface area (Å²) in [5, 5.41) is 29.5. The molecular weight excluding hydrogens is 308 g/mol. The molecule has 0 unspecified atom stereocenters. The summed E-state index contributed by atoms with van der Waals surface area (Å²) in [5.41, 5.74) is 0. The van der Waals surface area contributed by atoms with E-state index in [1.807, 2.05) is 0 Å². The van der Waals surface area contributed by atoms with E-state index in [1.54, 1.807) is 0 Å². The second-order valence-corrected chi connectivity index (χ2v) is 0.447. The summed E-state index contributed by atoms with van der Waals surface area (Å²) in [5.74, 6) is 0. The molecule has 14 nitrogen and oxygen atoms in total. The molecule has 0 aromatic heterocycles. The molecule has 0 aliphatic heterocycles. The Labute approximate surface area is 118 Å². The third-order valence-electron chi connectivity index (χ3n) is 0. The Morgan fingerprint density at radius 2 is 0.533 bits per heavy atom. The van der Waals surface area contributed by atoms with Crippen LogP contribution >= 0.6 is 0 Å². The minimum atomic E-state index is -1.75. The van der Waals surface area contributed by atoms with Gasteiger partial charge in [-0.05, 0) is 0 Å². The first kappa shape index (κ1) is 85.6. The smallest absolute Gasteiger partial charge is 0.412 e. The van der Waals surface area contributed by atoms with Crippen molar-refractivity contribution < 1.29 is 43.0 Å². The van der Waals surface area contributed by atoms with Crippen molar-refractivity contribution >= 4 is 45.5 Å². The fourth-order valence-electron chi connectivity index (χ4n) is 0. The zero-order valence-electron chi connectivity index (χ0n) is 7.05. The topological polar surface area (TPSA) is 321 Å². The SMILES string of the molecule is O.O.O.O.O.O.O=[N+]([O-])[O-].O=[N+]([O-])[O-].[Sr+2]. The van der Waals surface area contributed by atoms with Crippen molar-refractivity contribution in [2.24, 2.45) is 0 Å². The monoisotopic (exact) mass is 320 g/mol. The first-order chi connectivity index (χ1) is 3.46. The Morgan fingerprint density at radius 3 is 0.533 bits per heavy atom. The predicted octanol–water partition coefficient (Wildman–Crippen LogP) is -5.81. The zero-order chi connectivity index (χ0) is 7.15. The molecule has 0 amide bonds. The van der Waals surface area contributed by atoms with Crippen LogP contribution in [0.4, 0.5) is 0 Å². The van der Waals surface area contributed by atoms with Crippen molar-refractivity contribution in [3.8, 4) is 0 Å². The summed E-state index contributed by atoms with van der Waals surface area (Å²) in [4.78, 5) is 16.5. The molecule has 0 saturated heterocycles. The molecule has 0 rings (SSSR count). The maximum Gasteiger partial charge on any atom is 2.00 e. The van der Waals surface area contributed by atoms with Gasteiger partial charge in [0.2, 0.25) is 0 Å². The van der Waals surface area contributed by atoms with Crippen molar-refractivity contribution in [3.05, 3.63) is 30.6 Å². The standard InChI is InChI=1S/2NO3.6H2O.Sr/c2*2-1(3)4;;;;;;;/h;;6*1H2;/q2*-1;;;;;;;+2. The molecule has 0 atom stereocenters. The maximum atomic E-state index is 8.25. The van der Waals surface area contributed by atoms with Crippen molar-refractivity contribution in [3.63, 3.8) is 0 Å². The van der Waals surface area contributed by atoms with Crippen molar-refractivity contribution in [1.82, 2.24) is 0 Å². The van der Waals surface area contributed by atoms with Gasteiger partial charge in [-0.25, -0.2) is 0 Å². The van der Waals surface area contributed by atoms with Crippen LogP contribution in [0, 0.1) is 30.6 Å². The van der Waals surface area contributed by atoms with Crippen molar-refractivity contribution in [1.29, 1.82) is 0 Å². The minimum Gasteiger partial charge on any atom is -0.412 e. The van der Waals surface area contributed by atoms with Gasteiger partial charge in [0.1, 0.15) is 0 Å². The zero-order valence-corrected chi connectivity index (χ0v) is 10.5. The van der Waals surface area contributed by atoms with E-state index in [0.29, 0.717) is 0 Å². The average Bonchev–Trinajstić information content (AvgIpc) is 1.25. The third kappa shape index (κ3) is 14300. The molecule has 15 heteroatoms. The van der Waals surface area contributed by atoms with E-state index in [1.165, 1.54) is 0 Å². The van der Waals surface area contributed by atoms with E-state index in [0.717, 1.165) is 0 Å². The van der Waals surface area contributed by atoms with E-state index < -0.39 is 10.2 Å². The molecule has 0 fully saturated rings. The molecule has 12 N–H and O–H groups in total. The Hall–Kier alpha value is -0.359. The van der Waals surface area contributed by atoms with Crippen molar-refractivity contribution in [2.75, 3.05) is 0 Å². The van der Waals surface area contributed by atoms with Crippen LogP contribution in [-0.2, 0) is 0 Å². The molecule has 96 valence electrons. The molecular formula is H12N2O12Sr. The molecule has 0 spiro atoms. The van der Waals surface area contributed by atoms with Crippen LogP contribution < -0.4 is 0 Å². The first-order valence-corrected chi connectivity index (χ1v) is 1.10. The van der Waals surface area contributed by atoms with E-state index in [2.05, 4.69) is 0 Å². The number of nitrogens with zero attached hydrogens (tertiary/aromatic N) is 2. The van der Waals surface area contributed by atoms with Crippen LogP contribution in [0.25, 0.3) is 0 Å². The Balaban J connectivity index is -0.00000000468. The van der Waals surface area contributed by atoms with Gasteiger partial charge in [0, 0.05) is 0 Å². The molecule has 0 radical (unpaired) electrons. The second-order valence-electron chi connectivity index (χ2n) is 0.447. The largest absolute Gasteiger partial charge is 2.00 e. The summed E-state index contributed by atoms with van der Waals surface area (Å²) in [6.45, 7) is 0. The fourth-order valence-corrected chi connectivity index (χ4v) is 0. The molecule has 0 bridgehead atoms. The summed E-state index contributed by atoms with van der Waals surface area (Å²) in [6, 6.07) is 0. The van der Waals surface area contributed by atoms with Crippen LogP contribution in [0.3, 0.4) is 0 Å². The van der Waals surface area contributed by atoms with Gasteiger partial charge >= 0.3 is 45.5 Å². The predicted molar refractivity (Wildman–Crippen MR) is 48.2 cm³/mol. The fraction of sp³-hybridized carbons (Fsp3) is 0. The van der Waals surface area contributed by atoms with Crippen LogP contribution in [0.5, 0.6) is 0 Å². The second kappa shape index (κ2) is 68.5. The quantitative estimate of drug-likeness (QED) is 0.237. The molecule has 15 heavy (non-hydrogen) atoms. The molecule has 0 aliphatic carbocycles. The summed E-state index contributed by atoms with van der Waals surface area (Å²) >= 11 is 0. The van der Waals surface area contributed by atoms with Gasteiger partial charge in [0.25, 0.3) is 0 Å². The van der Waals surface area contributed by atoms with Crippen LogP contribution in [0.1, 0.15) is 0 Å². The molecule has 0 saturated carbocycles. The van der Waals surface area contributed by atoms with Gasteiger partial charge in [0.15, 0.2) is 0 Å². The Bertz CT molecular complexity index is 71.6. The maximum absolute atomic E-state index is 8.25. The molecule has 0 aromatic rings. The summed E-state index contributed by atoms with van der Waals surface area (Å²) in [7, 11) is 0. The third-order valence-corrected chi connectivity index (χ3v) is 0. The average molecular weight is 320 g/mol. The molecule has 0 aromatic carbocycles. The number of rotatable bonds is 0. The Kier molecular flexibility index (Phi) is 391. The van der Waals surface area contributed by atoms with E-state index >= 15 is 0 Å². The molecule has 0 aliphatic rings. The van der Waals surface area contributed by atoms with Gasteiger partial charge in [-0.15, -0.1) is 0 Å². The van der Waals surface area contributed by atoms with Gasteiger partial charge in [-0.3, -0.25) is 0 Å². The van der Waals surface area contributed by atoms with Crippen LogP contribution in [0.2, 0.25) is 0 Å². The van der Waals surface area contributed by atoms with E-state index in [4.69, 9.17) is 30.6 Å². The van der Waals surface area contributed by atoms with Gasteiger partial charge in [0.05, 0.1) is 10.2 Å². The summed E-state index contributed by atoms with van der Waals surface area (Å²) in [6.07, 6.45) is 0. The van der Waals surface area contributed by atoms with Crippen molar-refractivity contribution in [2.45, 2.75) is 0 Å².